The van der Waals surface area contributed by atoms with Crippen molar-refractivity contribution in [3.8, 4) is 0 Å². The Labute approximate surface area is 149 Å². The molecule has 0 spiro atoms. The molecule has 1 aromatic heterocycles. The summed E-state index contributed by atoms with van der Waals surface area (Å²) >= 11 is 1.38. The molecule has 128 valence electrons. The summed E-state index contributed by atoms with van der Waals surface area (Å²) in [5.41, 5.74) is 1.72. The Morgan fingerprint density at radius 3 is 2.56 bits per heavy atom. The van der Waals surface area contributed by atoms with Crippen LogP contribution in [0.5, 0.6) is 0 Å². The highest BCUT2D eigenvalue weighted by atomic mass is 32.1. The fourth-order valence-corrected chi connectivity index (χ4v) is 3.36. The van der Waals surface area contributed by atoms with Gasteiger partial charge in [0, 0.05) is 0 Å². The SMILES string of the molecule is CCOC(=O)C(Cc1ccccc1)C(=O)Nc1nc2ccccc2s1. The van der Waals surface area contributed by atoms with Gasteiger partial charge in [0.15, 0.2) is 5.13 Å². The first-order valence-electron chi connectivity index (χ1n) is 8.04. The first kappa shape index (κ1) is 17.1. The predicted molar refractivity (Wildman–Crippen MR) is 98.5 cm³/mol. The molecule has 5 nitrogen and oxygen atoms in total. The molecule has 0 aliphatic heterocycles. The van der Waals surface area contributed by atoms with Gasteiger partial charge in [0.2, 0.25) is 5.91 Å². The van der Waals surface area contributed by atoms with Gasteiger partial charge < -0.3 is 10.1 Å². The zero-order valence-corrected chi connectivity index (χ0v) is 14.6. The van der Waals surface area contributed by atoms with Crippen LogP contribution in [0, 0.1) is 5.92 Å². The van der Waals surface area contributed by atoms with Crippen LogP contribution in [0.15, 0.2) is 54.6 Å². The summed E-state index contributed by atoms with van der Waals surface area (Å²) in [5.74, 6) is -1.83. The van der Waals surface area contributed by atoms with Gasteiger partial charge in [-0.2, -0.15) is 0 Å². The van der Waals surface area contributed by atoms with E-state index in [1.165, 1.54) is 11.3 Å². The van der Waals surface area contributed by atoms with Crippen molar-refractivity contribution in [3.63, 3.8) is 0 Å². The Hall–Kier alpha value is -2.73. The molecule has 3 rings (SSSR count). The van der Waals surface area contributed by atoms with E-state index in [0.717, 1.165) is 15.8 Å². The summed E-state index contributed by atoms with van der Waals surface area (Å²) in [6.45, 7) is 1.96. The molecule has 6 heteroatoms. The summed E-state index contributed by atoms with van der Waals surface area (Å²) < 4.78 is 6.06. The third-order valence-electron chi connectivity index (χ3n) is 3.69. The lowest BCUT2D eigenvalue weighted by Gasteiger charge is -2.14. The van der Waals surface area contributed by atoms with Crippen molar-refractivity contribution in [1.29, 1.82) is 0 Å². The number of esters is 1. The minimum Gasteiger partial charge on any atom is -0.465 e. The van der Waals surface area contributed by atoms with E-state index in [9.17, 15) is 9.59 Å². The molecular weight excluding hydrogens is 336 g/mol. The molecule has 2 aromatic carbocycles. The number of rotatable bonds is 6. The van der Waals surface area contributed by atoms with Crippen molar-refractivity contribution in [3.05, 3.63) is 60.2 Å². The number of para-hydroxylation sites is 1. The Kier molecular flexibility index (Phi) is 5.40. The summed E-state index contributed by atoms with van der Waals surface area (Å²) in [6, 6.07) is 17.1. The number of carbonyl (C=O) groups excluding carboxylic acids is 2. The largest absolute Gasteiger partial charge is 0.465 e. The van der Waals surface area contributed by atoms with Crippen LogP contribution in [0.2, 0.25) is 0 Å². The van der Waals surface area contributed by atoms with Crippen molar-refractivity contribution >= 4 is 38.6 Å². The van der Waals surface area contributed by atoms with Crippen LogP contribution in [-0.2, 0) is 20.7 Å². The van der Waals surface area contributed by atoms with Crippen molar-refractivity contribution in [1.82, 2.24) is 4.98 Å². The van der Waals surface area contributed by atoms with Gasteiger partial charge in [-0.1, -0.05) is 53.8 Å². The number of hydrogen-bond donors (Lipinski definition) is 1. The molecule has 0 saturated carbocycles. The second-order valence-electron chi connectivity index (χ2n) is 5.47. The number of anilines is 1. The molecule has 0 aliphatic carbocycles. The highest BCUT2D eigenvalue weighted by Gasteiger charge is 2.29. The van der Waals surface area contributed by atoms with Crippen molar-refractivity contribution in [2.24, 2.45) is 5.92 Å². The second-order valence-corrected chi connectivity index (χ2v) is 6.50. The maximum Gasteiger partial charge on any atom is 0.318 e. The number of fused-ring (bicyclic) bond motifs is 1. The number of ether oxygens (including phenoxy) is 1. The van der Waals surface area contributed by atoms with E-state index in [1.807, 2.05) is 54.6 Å². The van der Waals surface area contributed by atoms with Crippen molar-refractivity contribution in [2.75, 3.05) is 11.9 Å². The molecule has 1 N–H and O–H groups in total. The van der Waals surface area contributed by atoms with E-state index in [0.29, 0.717) is 5.13 Å². The molecule has 1 heterocycles. The van der Waals surface area contributed by atoms with Gasteiger partial charge in [-0.3, -0.25) is 9.59 Å². The summed E-state index contributed by atoms with van der Waals surface area (Å²) in [5, 5.41) is 3.24. The van der Waals surface area contributed by atoms with Gasteiger partial charge in [-0.15, -0.1) is 0 Å². The van der Waals surface area contributed by atoms with Crippen molar-refractivity contribution < 1.29 is 14.3 Å². The van der Waals surface area contributed by atoms with Crippen LogP contribution < -0.4 is 5.32 Å². The van der Waals surface area contributed by atoms with E-state index >= 15 is 0 Å². The lowest BCUT2D eigenvalue weighted by atomic mass is 9.98. The Bertz CT molecular complexity index is 844. The van der Waals surface area contributed by atoms with Crippen LogP contribution in [0.4, 0.5) is 5.13 Å². The molecular formula is C19H18N2O3S. The standard InChI is InChI=1S/C19H18N2O3S/c1-2-24-18(23)14(12-13-8-4-3-5-9-13)17(22)21-19-20-15-10-6-7-11-16(15)25-19/h3-11,14H,2,12H2,1H3,(H,20,21,22). The highest BCUT2D eigenvalue weighted by Crippen LogP contribution is 2.26. The lowest BCUT2D eigenvalue weighted by Crippen LogP contribution is -2.33. The molecule has 0 fully saturated rings. The van der Waals surface area contributed by atoms with Crippen LogP contribution in [0.3, 0.4) is 0 Å². The number of aromatic nitrogens is 1. The first-order valence-corrected chi connectivity index (χ1v) is 8.86. The van der Waals surface area contributed by atoms with E-state index < -0.39 is 17.8 Å². The molecule has 25 heavy (non-hydrogen) atoms. The quantitative estimate of drug-likeness (QED) is 0.542. The smallest absolute Gasteiger partial charge is 0.318 e. The molecule has 3 aromatic rings. The summed E-state index contributed by atoms with van der Waals surface area (Å²) in [7, 11) is 0. The zero-order valence-electron chi connectivity index (χ0n) is 13.8. The van der Waals surface area contributed by atoms with Crippen LogP contribution in [0.25, 0.3) is 10.2 Å². The predicted octanol–water partition coefficient (Wildman–Crippen LogP) is 3.66. The minimum atomic E-state index is -0.908. The molecule has 1 atom stereocenters. The highest BCUT2D eigenvalue weighted by molar-refractivity contribution is 7.22. The fraction of sp³-hybridized carbons (Fsp3) is 0.211. The van der Waals surface area contributed by atoms with Crippen LogP contribution in [-0.4, -0.2) is 23.5 Å². The van der Waals surface area contributed by atoms with Gasteiger partial charge in [-0.05, 0) is 31.0 Å². The summed E-state index contributed by atoms with van der Waals surface area (Å²) in [4.78, 5) is 29.3. The molecule has 0 saturated heterocycles. The Morgan fingerprint density at radius 2 is 1.84 bits per heavy atom. The number of carbonyl (C=O) groups is 2. The van der Waals surface area contributed by atoms with Crippen LogP contribution in [0.1, 0.15) is 12.5 Å². The summed E-state index contributed by atoms with van der Waals surface area (Å²) in [6.07, 6.45) is 0.288. The Balaban J connectivity index is 1.79. The van der Waals surface area contributed by atoms with Gasteiger partial charge >= 0.3 is 5.97 Å². The van der Waals surface area contributed by atoms with E-state index in [-0.39, 0.29) is 13.0 Å². The van der Waals surface area contributed by atoms with Gasteiger partial charge in [0.05, 0.1) is 16.8 Å². The average Bonchev–Trinajstić information content (AvgIpc) is 3.02. The van der Waals surface area contributed by atoms with E-state index in [4.69, 9.17) is 4.74 Å². The number of nitrogens with one attached hydrogen (secondary N) is 1. The maximum absolute atomic E-state index is 12.7. The molecule has 0 bridgehead atoms. The average molecular weight is 354 g/mol. The molecule has 0 aliphatic rings. The second kappa shape index (κ2) is 7.90. The number of thiazole rings is 1. The normalized spacial score (nSPS) is 11.9. The molecule has 0 radical (unpaired) electrons. The van der Waals surface area contributed by atoms with E-state index in [1.54, 1.807) is 6.92 Å². The Morgan fingerprint density at radius 1 is 1.12 bits per heavy atom. The number of hydrogen-bond acceptors (Lipinski definition) is 5. The monoisotopic (exact) mass is 354 g/mol. The topological polar surface area (TPSA) is 68.3 Å². The number of benzene rings is 2. The molecule has 1 amide bonds. The van der Waals surface area contributed by atoms with Gasteiger partial charge in [0.25, 0.3) is 0 Å². The lowest BCUT2D eigenvalue weighted by molar-refractivity contribution is -0.150. The molecule has 1 unspecified atom stereocenters. The number of nitrogens with zero attached hydrogens (tertiary/aromatic N) is 1. The van der Waals surface area contributed by atoms with Gasteiger partial charge in [0.1, 0.15) is 5.92 Å². The third-order valence-corrected chi connectivity index (χ3v) is 4.65. The maximum atomic E-state index is 12.7. The fourth-order valence-electron chi connectivity index (χ4n) is 2.49. The van der Waals surface area contributed by atoms with Gasteiger partial charge in [-0.25, -0.2) is 4.98 Å². The third kappa shape index (κ3) is 4.22. The van der Waals surface area contributed by atoms with Crippen LogP contribution >= 0.6 is 11.3 Å². The first-order chi connectivity index (χ1) is 12.2. The zero-order chi connectivity index (χ0) is 17.6. The van der Waals surface area contributed by atoms with Crippen molar-refractivity contribution in [2.45, 2.75) is 13.3 Å². The number of amides is 1. The minimum absolute atomic E-state index is 0.235. The van der Waals surface area contributed by atoms with E-state index in [2.05, 4.69) is 10.3 Å².